The van der Waals surface area contributed by atoms with Gasteiger partial charge in [0.2, 0.25) is 0 Å². The summed E-state index contributed by atoms with van der Waals surface area (Å²) in [7, 11) is 0. The van der Waals surface area contributed by atoms with Crippen LogP contribution in [0.3, 0.4) is 0 Å². The van der Waals surface area contributed by atoms with E-state index in [-0.39, 0.29) is 84.1 Å². The van der Waals surface area contributed by atoms with Crippen molar-refractivity contribution in [2.45, 2.75) is 125 Å². The Hall–Kier alpha value is -0.786. The van der Waals surface area contributed by atoms with Crippen LogP contribution in [0.1, 0.15) is 125 Å². The first-order chi connectivity index (χ1) is 16.6. The van der Waals surface area contributed by atoms with Crippen LogP contribution >= 0.6 is 0 Å². The number of hydrogen-bond donors (Lipinski definition) is 0. The molecule has 0 saturated carbocycles. The third-order valence-corrected chi connectivity index (χ3v) is 5.22. The van der Waals surface area contributed by atoms with Gasteiger partial charge in [0.1, 0.15) is 0 Å². The van der Waals surface area contributed by atoms with Gasteiger partial charge < -0.3 is 28.8 Å². The molecule has 0 bridgehead atoms. The average molecular weight is 702 g/mol. The van der Waals surface area contributed by atoms with Crippen molar-refractivity contribution in [2.24, 2.45) is 32.5 Å². The van der Waals surface area contributed by atoms with E-state index in [1.54, 1.807) is 0 Å². The molecule has 0 unspecified atom stereocenters. The second-order valence-electron chi connectivity index (χ2n) is 16.1. The van der Waals surface area contributed by atoms with Crippen LogP contribution in [0.4, 0.5) is 0 Å². The molecule has 0 aliphatic carbocycles. The summed E-state index contributed by atoms with van der Waals surface area (Å²) in [6, 6.07) is 0. The molecule has 0 aliphatic heterocycles. The number of carbonyl (C=O) groups is 6. The quantitative estimate of drug-likeness (QED) is 0.213. The fraction of sp³-hybridized carbons (Fsp3) is 0.727. The summed E-state index contributed by atoms with van der Waals surface area (Å²) in [6.07, 6.45) is 3.67. The molecule has 6 nitrogen and oxygen atoms in total. The molecule has 0 spiro atoms. The van der Waals surface area contributed by atoms with Crippen molar-refractivity contribution >= 4 is 34.7 Å². The Labute approximate surface area is 286 Å². The Morgan fingerprint density at radius 1 is 0.275 bits per heavy atom. The van der Waals surface area contributed by atoms with Crippen molar-refractivity contribution in [3.63, 3.8) is 0 Å². The fourth-order valence-electron chi connectivity index (χ4n) is 1.66. The van der Waals surface area contributed by atoms with E-state index in [9.17, 15) is 28.8 Å². The first-order valence-corrected chi connectivity index (χ1v) is 13.5. The van der Waals surface area contributed by atoms with Gasteiger partial charge >= 0.3 is 49.4 Å². The Kier molecular flexibility index (Phi) is 19.3. The van der Waals surface area contributed by atoms with Crippen LogP contribution in [0.25, 0.3) is 0 Å². The van der Waals surface area contributed by atoms with Crippen LogP contribution in [-0.4, -0.2) is 34.7 Å². The van der Waals surface area contributed by atoms with Crippen LogP contribution in [0.5, 0.6) is 0 Å². The van der Waals surface area contributed by atoms with Gasteiger partial charge in [-0.3, -0.25) is 19.3 Å². The molecule has 0 aromatic rings. The zero-order chi connectivity index (χ0) is 32.6. The maximum absolute atomic E-state index is 11.4. The second kappa shape index (κ2) is 16.7. The van der Waals surface area contributed by atoms with Crippen LogP contribution in [0, 0.1) is 101 Å². The minimum Gasteiger partial charge on any atom is -0.333 e. The Balaban J connectivity index is -0.000000240. The van der Waals surface area contributed by atoms with E-state index >= 15 is 0 Å². The zero-order valence-corrected chi connectivity index (χ0v) is 31.0. The van der Waals surface area contributed by atoms with E-state index in [4.69, 9.17) is 0 Å². The maximum atomic E-state index is 11.4. The summed E-state index contributed by atoms with van der Waals surface area (Å²) in [4.78, 5) is 68.7. The van der Waals surface area contributed by atoms with Crippen LogP contribution < -0.4 is 0 Å². The minimum absolute atomic E-state index is 0. The van der Waals surface area contributed by atoms with Gasteiger partial charge in [-0.2, -0.15) is 0 Å². The third-order valence-electron chi connectivity index (χ3n) is 5.22. The molecular formula is C33H57EuO6. The van der Waals surface area contributed by atoms with Gasteiger partial charge in [0.05, 0.1) is 0 Å². The maximum Gasteiger partial charge on any atom is 3.00 e. The van der Waals surface area contributed by atoms with Gasteiger partial charge in [-0.05, 0) is 32.5 Å². The van der Waals surface area contributed by atoms with E-state index < -0.39 is 32.5 Å². The Bertz CT molecular complexity index is 693. The standard InChI is InChI=1S/3C11H19O2.Eu/c3*1-10(2,3)8(12)7-9(13)11(4,5)6;/h3*7H,1-6H3;/q3*-1;+3. The number of hydrogen-bond acceptors (Lipinski definition) is 6. The molecular weight excluding hydrogens is 644 g/mol. The first kappa shape index (κ1) is 46.2. The first-order valence-electron chi connectivity index (χ1n) is 13.5. The molecule has 0 N–H and O–H groups in total. The van der Waals surface area contributed by atoms with Crippen LogP contribution in [0.2, 0.25) is 0 Å². The summed E-state index contributed by atoms with van der Waals surface area (Å²) < 4.78 is 0. The van der Waals surface area contributed by atoms with E-state index in [2.05, 4.69) is 0 Å². The van der Waals surface area contributed by atoms with Crippen molar-refractivity contribution in [2.75, 3.05) is 0 Å². The Morgan fingerprint density at radius 2 is 0.350 bits per heavy atom. The monoisotopic (exact) mass is 702 g/mol. The average Bonchev–Trinajstić information content (AvgIpc) is 2.64. The molecule has 0 radical (unpaired) electrons. The molecule has 0 atom stereocenters. The van der Waals surface area contributed by atoms with E-state index in [0.29, 0.717) is 0 Å². The summed E-state index contributed by atoms with van der Waals surface area (Å²) in [5, 5.41) is 0. The fourth-order valence-corrected chi connectivity index (χ4v) is 1.66. The molecule has 0 fully saturated rings. The summed E-state index contributed by atoms with van der Waals surface area (Å²) in [5.74, 6) is -0.625. The molecule has 40 heavy (non-hydrogen) atoms. The van der Waals surface area contributed by atoms with Gasteiger partial charge in [-0.1, -0.05) is 125 Å². The normalized spacial score (nSPS) is 12.2. The van der Waals surface area contributed by atoms with Crippen LogP contribution in [-0.2, 0) is 28.8 Å². The van der Waals surface area contributed by atoms with Gasteiger partial charge in [0, 0.05) is 34.7 Å². The van der Waals surface area contributed by atoms with Crippen molar-refractivity contribution in [1.29, 1.82) is 0 Å². The van der Waals surface area contributed by atoms with Gasteiger partial charge in [-0.15, -0.1) is 0 Å². The summed E-state index contributed by atoms with van der Waals surface area (Å²) in [5.41, 5.74) is -2.74. The van der Waals surface area contributed by atoms with E-state index in [0.717, 1.165) is 0 Å². The largest absolute Gasteiger partial charge is 3.00 e. The predicted molar refractivity (Wildman–Crippen MR) is 160 cm³/mol. The molecule has 0 aliphatic rings. The van der Waals surface area contributed by atoms with Crippen molar-refractivity contribution in [3.8, 4) is 0 Å². The zero-order valence-electron chi connectivity index (χ0n) is 28.6. The van der Waals surface area contributed by atoms with Gasteiger partial charge in [0.15, 0.2) is 0 Å². The third kappa shape index (κ3) is 21.9. The molecule has 0 aromatic carbocycles. The molecule has 0 rings (SSSR count). The number of Topliss-reactive ketones (excluding diaryl/α,β-unsaturated/α-hetero) is 6. The van der Waals surface area contributed by atoms with Gasteiger partial charge in [-0.25, -0.2) is 0 Å². The SMILES string of the molecule is CC(C)(C)C(=O)[CH-]C(=O)C(C)(C)C.CC(C)(C)C(=O)[CH-]C(=O)C(C)(C)C.CC(C)(C)C(=O)[CH-]C(=O)C(C)(C)C.[Eu+3]. The van der Waals surface area contributed by atoms with Gasteiger partial charge in [0.25, 0.3) is 0 Å². The molecule has 7 heteroatoms. The number of rotatable bonds is 6. The van der Waals surface area contributed by atoms with Crippen LogP contribution in [0.15, 0.2) is 0 Å². The number of ketones is 6. The van der Waals surface area contributed by atoms with E-state index in [1.165, 1.54) is 19.3 Å². The van der Waals surface area contributed by atoms with Crippen molar-refractivity contribution < 1.29 is 78.1 Å². The molecule has 232 valence electrons. The molecule has 0 amide bonds. The minimum atomic E-state index is -0.457. The molecule has 0 aromatic heterocycles. The van der Waals surface area contributed by atoms with Crippen molar-refractivity contribution in [1.82, 2.24) is 0 Å². The predicted octanol–water partition coefficient (Wildman–Crippen LogP) is 7.26. The molecule has 0 heterocycles. The Morgan fingerprint density at radius 3 is 0.400 bits per heavy atom. The molecule has 0 saturated heterocycles. The number of carbonyl (C=O) groups excluding carboxylic acids is 6. The summed E-state index contributed by atoms with van der Waals surface area (Å²) >= 11 is 0. The summed E-state index contributed by atoms with van der Waals surface area (Å²) in [6.45, 7) is 32.5. The second-order valence-corrected chi connectivity index (χ2v) is 16.1. The topological polar surface area (TPSA) is 102 Å². The van der Waals surface area contributed by atoms with E-state index in [1.807, 2.05) is 125 Å². The smallest absolute Gasteiger partial charge is 0.333 e. The van der Waals surface area contributed by atoms with Crippen molar-refractivity contribution in [3.05, 3.63) is 19.3 Å².